The highest BCUT2D eigenvalue weighted by molar-refractivity contribution is 5.83. The first kappa shape index (κ1) is 11.1. The van der Waals surface area contributed by atoms with E-state index < -0.39 is 6.29 Å². The van der Waals surface area contributed by atoms with Crippen LogP contribution >= 0.6 is 0 Å². The predicted molar refractivity (Wildman–Crippen MR) is 42.3 cm³/mol. The summed E-state index contributed by atoms with van der Waals surface area (Å²) < 4.78 is 9.95. The predicted octanol–water partition coefficient (Wildman–Crippen LogP) is 0.868. The van der Waals surface area contributed by atoms with Crippen LogP contribution in [0.2, 0.25) is 0 Å². The highest BCUT2D eigenvalue weighted by atomic mass is 16.7. The van der Waals surface area contributed by atoms with Crippen LogP contribution in [0, 0.1) is 11.3 Å². The second kappa shape index (κ2) is 6.77. The zero-order chi connectivity index (χ0) is 9.40. The van der Waals surface area contributed by atoms with Gasteiger partial charge in [-0.2, -0.15) is 5.26 Å². The Morgan fingerprint density at radius 1 is 1.42 bits per heavy atom. The molecule has 12 heavy (non-hydrogen) atoms. The van der Waals surface area contributed by atoms with Crippen molar-refractivity contribution in [3.05, 3.63) is 0 Å². The van der Waals surface area contributed by atoms with Crippen LogP contribution in [-0.2, 0) is 14.3 Å². The minimum Gasteiger partial charge on any atom is -0.346 e. The molecular weight excluding hydrogens is 158 g/mol. The first-order valence-electron chi connectivity index (χ1n) is 3.89. The van der Waals surface area contributed by atoms with Gasteiger partial charge in [-0.3, -0.25) is 4.79 Å². The first-order chi connectivity index (χ1) is 5.76. The van der Waals surface area contributed by atoms with Crippen LogP contribution in [-0.4, -0.2) is 25.3 Å². The van der Waals surface area contributed by atoms with Crippen molar-refractivity contribution in [3.63, 3.8) is 0 Å². The maximum absolute atomic E-state index is 11.1. The van der Waals surface area contributed by atoms with Gasteiger partial charge in [-0.1, -0.05) is 0 Å². The normalized spacial score (nSPS) is 9.83. The molecule has 0 bridgehead atoms. The van der Waals surface area contributed by atoms with Gasteiger partial charge in [0.05, 0.1) is 12.5 Å². The summed E-state index contributed by atoms with van der Waals surface area (Å²) in [7, 11) is 0. The van der Waals surface area contributed by atoms with Gasteiger partial charge in [0.25, 0.3) is 0 Å². The van der Waals surface area contributed by atoms with Crippen LogP contribution in [0.4, 0.5) is 0 Å². The van der Waals surface area contributed by atoms with Crippen molar-refractivity contribution in [1.82, 2.24) is 0 Å². The van der Waals surface area contributed by atoms with Crippen molar-refractivity contribution >= 4 is 5.78 Å². The molecule has 0 unspecified atom stereocenters. The number of ketones is 1. The molecule has 0 aliphatic heterocycles. The fourth-order valence-corrected chi connectivity index (χ4v) is 0.698. The molecule has 0 aromatic carbocycles. The molecule has 0 spiro atoms. The SMILES string of the molecule is CCOC(OCC)C(=O)CC#N. The van der Waals surface area contributed by atoms with Gasteiger partial charge < -0.3 is 9.47 Å². The lowest BCUT2D eigenvalue weighted by atomic mass is 10.3. The minimum atomic E-state index is -0.861. The number of ether oxygens (including phenoxy) is 2. The minimum absolute atomic E-state index is 0.162. The number of nitriles is 1. The van der Waals surface area contributed by atoms with E-state index in [-0.39, 0.29) is 12.2 Å². The zero-order valence-corrected chi connectivity index (χ0v) is 7.37. The molecular formula is C8H13NO3. The Bertz CT molecular complexity index is 168. The number of hydrogen-bond acceptors (Lipinski definition) is 4. The van der Waals surface area contributed by atoms with E-state index in [4.69, 9.17) is 14.7 Å². The average Bonchev–Trinajstić information content (AvgIpc) is 2.04. The first-order valence-corrected chi connectivity index (χ1v) is 3.89. The van der Waals surface area contributed by atoms with Crippen molar-refractivity contribution in [2.45, 2.75) is 26.6 Å². The molecule has 0 N–H and O–H groups in total. The van der Waals surface area contributed by atoms with Gasteiger partial charge >= 0.3 is 0 Å². The maximum Gasteiger partial charge on any atom is 0.218 e. The van der Waals surface area contributed by atoms with E-state index in [1.807, 2.05) is 0 Å². The Morgan fingerprint density at radius 3 is 2.25 bits per heavy atom. The molecule has 4 heteroatoms. The van der Waals surface area contributed by atoms with E-state index in [1.165, 1.54) is 0 Å². The molecule has 0 saturated carbocycles. The lowest BCUT2D eigenvalue weighted by molar-refractivity contribution is -0.166. The third kappa shape index (κ3) is 4.06. The molecule has 0 aliphatic rings. The summed E-state index contributed by atoms with van der Waals surface area (Å²) in [5.41, 5.74) is 0. The molecule has 0 radical (unpaired) electrons. The number of nitrogens with zero attached hydrogens (tertiary/aromatic N) is 1. The average molecular weight is 171 g/mol. The lowest BCUT2D eigenvalue weighted by Crippen LogP contribution is -2.27. The van der Waals surface area contributed by atoms with Gasteiger partial charge in [0.15, 0.2) is 0 Å². The van der Waals surface area contributed by atoms with Crippen molar-refractivity contribution in [2.24, 2.45) is 0 Å². The Kier molecular flexibility index (Phi) is 6.25. The molecule has 0 aromatic rings. The van der Waals surface area contributed by atoms with Gasteiger partial charge in [-0.25, -0.2) is 0 Å². The summed E-state index contributed by atoms with van der Waals surface area (Å²) in [5, 5.41) is 8.24. The van der Waals surface area contributed by atoms with Gasteiger partial charge in [0, 0.05) is 13.2 Å². The fourth-order valence-electron chi connectivity index (χ4n) is 0.698. The Hall–Kier alpha value is -0.920. The fraction of sp³-hybridized carbons (Fsp3) is 0.750. The molecule has 0 amide bonds. The second-order valence-electron chi connectivity index (χ2n) is 2.04. The summed E-state index contributed by atoms with van der Waals surface area (Å²) >= 11 is 0. The number of rotatable bonds is 6. The topological polar surface area (TPSA) is 59.3 Å². The summed E-state index contributed by atoms with van der Waals surface area (Å²) in [5.74, 6) is -0.318. The summed E-state index contributed by atoms with van der Waals surface area (Å²) in [6.07, 6.45) is -1.02. The molecule has 0 atom stereocenters. The number of hydrogen-bond donors (Lipinski definition) is 0. The van der Waals surface area contributed by atoms with E-state index in [1.54, 1.807) is 19.9 Å². The van der Waals surface area contributed by atoms with Crippen molar-refractivity contribution in [3.8, 4) is 6.07 Å². The van der Waals surface area contributed by atoms with Gasteiger partial charge in [-0.05, 0) is 13.8 Å². The van der Waals surface area contributed by atoms with Crippen LogP contribution in [0.15, 0.2) is 0 Å². The Morgan fingerprint density at radius 2 is 1.92 bits per heavy atom. The molecule has 0 aromatic heterocycles. The van der Waals surface area contributed by atoms with Crippen LogP contribution in [0.5, 0.6) is 0 Å². The molecule has 0 rings (SSSR count). The molecule has 4 nitrogen and oxygen atoms in total. The zero-order valence-electron chi connectivity index (χ0n) is 7.37. The third-order valence-corrected chi connectivity index (χ3v) is 1.15. The van der Waals surface area contributed by atoms with Gasteiger partial charge in [0.2, 0.25) is 12.1 Å². The highest BCUT2D eigenvalue weighted by Gasteiger charge is 2.17. The van der Waals surface area contributed by atoms with Crippen LogP contribution in [0.3, 0.4) is 0 Å². The van der Waals surface area contributed by atoms with Crippen molar-refractivity contribution in [2.75, 3.05) is 13.2 Å². The molecule has 0 saturated heterocycles. The number of carbonyl (C=O) groups is 1. The third-order valence-electron chi connectivity index (χ3n) is 1.15. The van der Waals surface area contributed by atoms with Gasteiger partial charge in [0.1, 0.15) is 0 Å². The van der Waals surface area contributed by atoms with E-state index in [9.17, 15) is 4.79 Å². The largest absolute Gasteiger partial charge is 0.346 e. The maximum atomic E-state index is 11.1. The lowest BCUT2D eigenvalue weighted by Gasteiger charge is -2.13. The van der Waals surface area contributed by atoms with E-state index in [0.29, 0.717) is 13.2 Å². The molecule has 68 valence electrons. The number of Topliss-reactive ketones (excluding diaryl/α,β-unsaturated/α-hetero) is 1. The smallest absolute Gasteiger partial charge is 0.218 e. The molecule has 0 aliphatic carbocycles. The van der Waals surface area contributed by atoms with Crippen molar-refractivity contribution < 1.29 is 14.3 Å². The van der Waals surface area contributed by atoms with E-state index in [2.05, 4.69) is 0 Å². The van der Waals surface area contributed by atoms with Crippen LogP contribution in [0.25, 0.3) is 0 Å². The Labute approximate surface area is 72.1 Å². The monoisotopic (exact) mass is 171 g/mol. The quantitative estimate of drug-likeness (QED) is 0.556. The van der Waals surface area contributed by atoms with E-state index >= 15 is 0 Å². The second-order valence-corrected chi connectivity index (χ2v) is 2.04. The van der Waals surface area contributed by atoms with Crippen LogP contribution < -0.4 is 0 Å². The standard InChI is InChI=1S/C8H13NO3/c1-3-11-8(12-4-2)7(10)5-6-9/h8H,3-5H2,1-2H3. The summed E-state index contributed by atoms with van der Waals surface area (Å²) in [6, 6.07) is 1.76. The Balaban J connectivity index is 3.92. The molecule has 0 fully saturated rings. The summed E-state index contributed by atoms with van der Waals surface area (Å²) in [4.78, 5) is 11.1. The number of carbonyl (C=O) groups excluding carboxylic acids is 1. The molecule has 0 heterocycles. The highest BCUT2D eigenvalue weighted by Crippen LogP contribution is 1.99. The van der Waals surface area contributed by atoms with Gasteiger partial charge in [-0.15, -0.1) is 0 Å². The van der Waals surface area contributed by atoms with E-state index in [0.717, 1.165) is 0 Å². The van der Waals surface area contributed by atoms with Crippen molar-refractivity contribution in [1.29, 1.82) is 5.26 Å². The van der Waals surface area contributed by atoms with Crippen LogP contribution in [0.1, 0.15) is 20.3 Å². The summed E-state index contributed by atoms with van der Waals surface area (Å²) in [6.45, 7) is 4.35.